The van der Waals surface area contributed by atoms with Crippen LogP contribution in [0.15, 0.2) is 0 Å². The first-order valence-electron chi connectivity index (χ1n) is 3.68. The number of halogens is 1. The van der Waals surface area contributed by atoms with Crippen molar-refractivity contribution in [1.29, 1.82) is 0 Å². The predicted molar refractivity (Wildman–Crippen MR) is 52.0 cm³/mol. The van der Waals surface area contributed by atoms with Gasteiger partial charge < -0.3 is 14.1 Å². The van der Waals surface area contributed by atoms with Crippen LogP contribution in [0.5, 0.6) is 0 Å². The Hall–Kier alpha value is 0.0800. The second-order valence-electron chi connectivity index (χ2n) is 3.71. The number of nitrogens with zero attached hydrogens (tertiary/aromatic N) is 1. The van der Waals surface area contributed by atoms with Crippen molar-refractivity contribution in [2.75, 3.05) is 33.6 Å². The van der Waals surface area contributed by atoms with Crippen LogP contribution in [0.2, 0.25) is 0 Å². The van der Waals surface area contributed by atoms with Crippen LogP contribution in [0.25, 0.3) is 0 Å². The summed E-state index contributed by atoms with van der Waals surface area (Å²) in [5.74, 6) is 0.329. The molecular weight excluding hydrogens is 234 g/mol. The highest BCUT2D eigenvalue weighted by Crippen LogP contribution is 1.95. The third-order valence-corrected chi connectivity index (χ3v) is 1.29. The van der Waals surface area contributed by atoms with Crippen LogP contribution in [0.3, 0.4) is 0 Å². The Morgan fingerprint density at radius 1 is 1.43 bits per heavy atom. The molecule has 0 aromatic carbocycles. The summed E-state index contributed by atoms with van der Waals surface area (Å²) in [6, 6.07) is 0. The Labute approximate surface area is 89.3 Å². The van der Waals surface area contributed by atoms with Gasteiger partial charge in [-0.3, -0.25) is 4.55 Å². The molecule has 0 aliphatic rings. The molecule has 88 valence electrons. The SMILES string of the molecule is C[N+](C)(C)CC(O)CCl.O=S(=O)([O-])O. The van der Waals surface area contributed by atoms with Gasteiger partial charge >= 0.3 is 0 Å². The molecule has 0 fully saturated rings. The Kier molecular flexibility index (Phi) is 7.71. The quantitative estimate of drug-likeness (QED) is 0.298. The summed E-state index contributed by atoms with van der Waals surface area (Å²) < 4.78 is 33.6. The summed E-state index contributed by atoms with van der Waals surface area (Å²) in [7, 11) is 1.15. The minimum absolute atomic E-state index is 0.329. The van der Waals surface area contributed by atoms with E-state index in [9.17, 15) is 0 Å². The number of hydrogen-bond acceptors (Lipinski definition) is 4. The molecule has 0 amide bonds. The number of hydrogen-bond donors (Lipinski definition) is 2. The van der Waals surface area contributed by atoms with Crippen molar-refractivity contribution in [3.8, 4) is 0 Å². The number of quaternary nitrogens is 1. The van der Waals surface area contributed by atoms with Gasteiger partial charge in [0.15, 0.2) is 0 Å². The van der Waals surface area contributed by atoms with Gasteiger partial charge in [0.25, 0.3) is 0 Å². The molecule has 0 spiro atoms. The fourth-order valence-electron chi connectivity index (χ4n) is 0.681. The highest BCUT2D eigenvalue weighted by molar-refractivity contribution is 7.79. The third-order valence-electron chi connectivity index (χ3n) is 0.937. The van der Waals surface area contributed by atoms with E-state index < -0.39 is 10.4 Å². The molecule has 14 heavy (non-hydrogen) atoms. The average molecular weight is 250 g/mol. The number of rotatable bonds is 3. The van der Waals surface area contributed by atoms with E-state index in [1.165, 1.54) is 0 Å². The molecular formula is C6H16ClNO5S. The first-order valence-corrected chi connectivity index (χ1v) is 5.58. The highest BCUT2D eigenvalue weighted by atomic mass is 35.5. The van der Waals surface area contributed by atoms with Gasteiger partial charge in [0.2, 0.25) is 10.4 Å². The largest absolute Gasteiger partial charge is 0.726 e. The second kappa shape index (κ2) is 6.54. The number of aliphatic hydroxyl groups is 1. The minimum atomic E-state index is -4.92. The van der Waals surface area contributed by atoms with Crippen LogP contribution in [-0.4, -0.2) is 66.8 Å². The Morgan fingerprint density at radius 3 is 1.79 bits per heavy atom. The maximum atomic E-state index is 9.05. The first kappa shape index (κ1) is 16.5. The summed E-state index contributed by atoms with van der Waals surface area (Å²) in [4.78, 5) is 0. The lowest BCUT2D eigenvalue weighted by Crippen LogP contribution is -2.41. The molecule has 1 atom stereocenters. The lowest BCUT2D eigenvalue weighted by Gasteiger charge is -2.25. The number of alkyl halides is 1. The van der Waals surface area contributed by atoms with Gasteiger partial charge in [-0.25, -0.2) is 8.42 Å². The molecule has 0 rings (SSSR count). The van der Waals surface area contributed by atoms with E-state index in [1.807, 2.05) is 21.1 Å². The summed E-state index contributed by atoms with van der Waals surface area (Å²) in [5, 5.41) is 9.05. The van der Waals surface area contributed by atoms with E-state index in [-0.39, 0.29) is 6.10 Å². The van der Waals surface area contributed by atoms with Crippen LogP contribution >= 0.6 is 11.6 Å². The summed E-state index contributed by atoms with van der Waals surface area (Å²) in [6.07, 6.45) is -0.369. The minimum Gasteiger partial charge on any atom is -0.726 e. The van der Waals surface area contributed by atoms with Crippen LogP contribution in [0.4, 0.5) is 0 Å². The molecule has 1 unspecified atom stereocenters. The van der Waals surface area contributed by atoms with Gasteiger partial charge in [0.1, 0.15) is 12.6 Å². The van der Waals surface area contributed by atoms with Gasteiger partial charge in [-0.05, 0) is 0 Å². The molecule has 0 saturated heterocycles. The van der Waals surface area contributed by atoms with Crippen molar-refractivity contribution >= 4 is 22.0 Å². The normalized spacial score (nSPS) is 14.2. The molecule has 0 aromatic rings. The predicted octanol–water partition coefficient (Wildman–Crippen LogP) is -0.703. The van der Waals surface area contributed by atoms with Crippen molar-refractivity contribution in [2.24, 2.45) is 0 Å². The molecule has 0 radical (unpaired) electrons. The zero-order valence-electron chi connectivity index (χ0n) is 8.34. The zero-order valence-corrected chi connectivity index (χ0v) is 9.92. The van der Waals surface area contributed by atoms with Crippen molar-refractivity contribution in [2.45, 2.75) is 6.10 Å². The molecule has 0 aliphatic carbocycles. The van der Waals surface area contributed by atoms with Crippen molar-refractivity contribution in [1.82, 2.24) is 0 Å². The smallest absolute Gasteiger partial charge is 0.215 e. The van der Waals surface area contributed by atoms with Crippen LogP contribution in [-0.2, 0) is 10.4 Å². The van der Waals surface area contributed by atoms with Crippen LogP contribution in [0.1, 0.15) is 0 Å². The van der Waals surface area contributed by atoms with Crippen LogP contribution < -0.4 is 0 Å². The Morgan fingerprint density at radius 2 is 1.71 bits per heavy atom. The lowest BCUT2D eigenvalue weighted by molar-refractivity contribution is -0.873. The van der Waals surface area contributed by atoms with Gasteiger partial charge in [-0.2, -0.15) is 0 Å². The van der Waals surface area contributed by atoms with E-state index >= 15 is 0 Å². The topological polar surface area (TPSA) is 97.7 Å². The highest BCUT2D eigenvalue weighted by Gasteiger charge is 2.13. The molecule has 0 bridgehead atoms. The third kappa shape index (κ3) is 29.6. The monoisotopic (exact) mass is 249 g/mol. The molecule has 0 aromatic heterocycles. The van der Waals surface area contributed by atoms with E-state index in [4.69, 9.17) is 34.2 Å². The van der Waals surface area contributed by atoms with E-state index in [2.05, 4.69) is 0 Å². The molecule has 2 N–H and O–H groups in total. The standard InChI is InChI=1S/C6H15ClNO.H2O4S/c1-8(2,3)5-6(9)4-7;1-5(2,3)4/h6,9H,4-5H2,1-3H3;(H2,1,2,3,4)/q+1;/p-1. The molecule has 0 heterocycles. The number of likely N-dealkylation sites (N-methyl/N-ethyl adjacent to an activating group) is 1. The van der Waals surface area contributed by atoms with E-state index in [0.717, 1.165) is 4.48 Å². The molecule has 0 aliphatic heterocycles. The van der Waals surface area contributed by atoms with Crippen molar-refractivity contribution < 1.29 is 27.1 Å². The fourth-order valence-corrected chi connectivity index (χ4v) is 0.779. The average Bonchev–Trinajstić information content (AvgIpc) is 1.79. The van der Waals surface area contributed by atoms with Crippen molar-refractivity contribution in [3.05, 3.63) is 0 Å². The lowest BCUT2D eigenvalue weighted by atomic mass is 10.3. The molecule has 6 nitrogen and oxygen atoms in total. The maximum absolute atomic E-state index is 9.05. The Balaban J connectivity index is 0. The van der Waals surface area contributed by atoms with Gasteiger partial charge in [-0.15, -0.1) is 11.6 Å². The van der Waals surface area contributed by atoms with E-state index in [0.29, 0.717) is 12.4 Å². The molecule has 0 saturated carbocycles. The zero-order chi connectivity index (χ0) is 12.0. The van der Waals surface area contributed by atoms with Gasteiger partial charge in [0, 0.05) is 0 Å². The summed E-state index contributed by atoms with van der Waals surface area (Å²) in [6.45, 7) is 0.712. The van der Waals surface area contributed by atoms with Gasteiger partial charge in [0.05, 0.1) is 27.0 Å². The first-order chi connectivity index (χ1) is 5.95. The van der Waals surface area contributed by atoms with E-state index in [1.54, 1.807) is 0 Å². The van der Waals surface area contributed by atoms with Crippen LogP contribution in [0, 0.1) is 0 Å². The summed E-state index contributed by atoms with van der Waals surface area (Å²) >= 11 is 5.40. The fraction of sp³-hybridized carbons (Fsp3) is 1.00. The Bertz CT molecular complexity index is 227. The second-order valence-corrected chi connectivity index (χ2v) is 4.87. The summed E-state index contributed by atoms with van der Waals surface area (Å²) in [5.41, 5.74) is 0. The molecule has 8 heteroatoms. The maximum Gasteiger partial charge on any atom is 0.215 e. The number of aliphatic hydroxyl groups excluding tert-OH is 1. The van der Waals surface area contributed by atoms with Crippen molar-refractivity contribution in [3.63, 3.8) is 0 Å². The van der Waals surface area contributed by atoms with Gasteiger partial charge in [-0.1, -0.05) is 0 Å².